The van der Waals surface area contributed by atoms with Gasteiger partial charge in [0.05, 0.1) is 0 Å². The van der Waals surface area contributed by atoms with E-state index in [2.05, 4.69) is 15.3 Å². The second-order valence-electron chi connectivity index (χ2n) is 2.89. The zero-order valence-electron chi connectivity index (χ0n) is 8.25. The summed E-state index contributed by atoms with van der Waals surface area (Å²) in [6.45, 7) is 2.48. The van der Waals surface area contributed by atoms with Gasteiger partial charge < -0.3 is 16.8 Å². The molecule has 6 nitrogen and oxygen atoms in total. The van der Waals surface area contributed by atoms with E-state index >= 15 is 0 Å². The third-order valence-corrected chi connectivity index (χ3v) is 1.93. The van der Waals surface area contributed by atoms with E-state index in [1.807, 2.05) is 6.92 Å². The molecule has 1 rings (SSSR count). The SMILES string of the molecule is CCCNC(=O)c1nc(Cl)c(N)nc1N. The number of amides is 1. The van der Waals surface area contributed by atoms with Crippen molar-refractivity contribution in [3.63, 3.8) is 0 Å². The van der Waals surface area contributed by atoms with Crippen LogP contribution in [0.1, 0.15) is 23.8 Å². The number of nitrogens with two attached hydrogens (primary N) is 2. The smallest absolute Gasteiger partial charge is 0.273 e. The number of nitrogens with zero attached hydrogens (tertiary/aromatic N) is 2. The molecule has 0 unspecified atom stereocenters. The number of anilines is 2. The third-order valence-electron chi connectivity index (χ3n) is 1.66. The topological polar surface area (TPSA) is 107 Å². The van der Waals surface area contributed by atoms with Crippen LogP contribution in [-0.4, -0.2) is 22.4 Å². The van der Waals surface area contributed by atoms with E-state index in [0.717, 1.165) is 6.42 Å². The molecule has 82 valence electrons. The summed E-state index contributed by atoms with van der Waals surface area (Å²) in [4.78, 5) is 19.0. The summed E-state index contributed by atoms with van der Waals surface area (Å²) in [7, 11) is 0. The van der Waals surface area contributed by atoms with Crippen LogP contribution >= 0.6 is 11.6 Å². The quantitative estimate of drug-likeness (QED) is 0.697. The van der Waals surface area contributed by atoms with E-state index in [1.54, 1.807) is 0 Å². The highest BCUT2D eigenvalue weighted by atomic mass is 35.5. The largest absolute Gasteiger partial charge is 0.382 e. The van der Waals surface area contributed by atoms with Gasteiger partial charge in [-0.15, -0.1) is 0 Å². The second kappa shape index (κ2) is 4.79. The summed E-state index contributed by atoms with van der Waals surface area (Å²) >= 11 is 5.63. The fraction of sp³-hybridized carbons (Fsp3) is 0.375. The van der Waals surface area contributed by atoms with Gasteiger partial charge in [-0.25, -0.2) is 9.97 Å². The van der Waals surface area contributed by atoms with Gasteiger partial charge in [0.15, 0.2) is 22.5 Å². The van der Waals surface area contributed by atoms with E-state index in [1.165, 1.54) is 0 Å². The minimum atomic E-state index is -0.399. The van der Waals surface area contributed by atoms with Crippen LogP contribution in [0.4, 0.5) is 11.6 Å². The fourth-order valence-electron chi connectivity index (χ4n) is 0.931. The van der Waals surface area contributed by atoms with Crippen LogP contribution in [0.5, 0.6) is 0 Å². The summed E-state index contributed by atoms with van der Waals surface area (Å²) in [6, 6.07) is 0. The molecule has 1 heterocycles. The zero-order chi connectivity index (χ0) is 11.4. The lowest BCUT2D eigenvalue weighted by Crippen LogP contribution is -2.26. The Morgan fingerprint density at radius 2 is 2.07 bits per heavy atom. The van der Waals surface area contributed by atoms with Crippen LogP contribution in [0, 0.1) is 0 Å². The molecule has 1 aromatic heterocycles. The Morgan fingerprint density at radius 1 is 1.40 bits per heavy atom. The maximum atomic E-state index is 11.5. The third kappa shape index (κ3) is 2.69. The summed E-state index contributed by atoms with van der Waals surface area (Å²) < 4.78 is 0. The number of carbonyl (C=O) groups is 1. The molecule has 0 radical (unpaired) electrons. The van der Waals surface area contributed by atoms with Crippen LogP contribution in [-0.2, 0) is 0 Å². The average molecular weight is 230 g/mol. The first kappa shape index (κ1) is 11.5. The summed E-state index contributed by atoms with van der Waals surface area (Å²) in [5.74, 6) is -0.407. The number of nitrogens with one attached hydrogen (secondary N) is 1. The minimum Gasteiger partial charge on any atom is -0.382 e. The summed E-state index contributed by atoms with van der Waals surface area (Å²) in [5, 5.41) is 2.59. The molecule has 0 spiro atoms. The van der Waals surface area contributed by atoms with Crippen molar-refractivity contribution in [3.8, 4) is 0 Å². The van der Waals surface area contributed by atoms with Gasteiger partial charge in [-0.3, -0.25) is 4.79 Å². The van der Waals surface area contributed by atoms with E-state index < -0.39 is 5.91 Å². The molecule has 0 aliphatic rings. The van der Waals surface area contributed by atoms with Gasteiger partial charge in [-0.1, -0.05) is 18.5 Å². The van der Waals surface area contributed by atoms with Gasteiger partial charge in [0.2, 0.25) is 0 Å². The predicted molar refractivity (Wildman–Crippen MR) is 58.5 cm³/mol. The summed E-state index contributed by atoms with van der Waals surface area (Å²) in [6.07, 6.45) is 0.821. The van der Waals surface area contributed by atoms with E-state index in [9.17, 15) is 4.79 Å². The normalized spacial score (nSPS) is 10.0. The maximum Gasteiger partial charge on any atom is 0.273 e. The Hall–Kier alpha value is -1.56. The summed E-state index contributed by atoms with van der Waals surface area (Å²) in [5.41, 5.74) is 10.9. The Kier molecular flexibility index (Phi) is 3.68. The monoisotopic (exact) mass is 229 g/mol. The molecule has 15 heavy (non-hydrogen) atoms. The highest BCUT2D eigenvalue weighted by molar-refractivity contribution is 6.31. The number of carbonyl (C=O) groups excluding carboxylic acids is 1. The number of hydrogen-bond acceptors (Lipinski definition) is 5. The molecule has 0 saturated carbocycles. The highest BCUT2D eigenvalue weighted by Crippen LogP contribution is 2.16. The molecule has 0 bridgehead atoms. The zero-order valence-corrected chi connectivity index (χ0v) is 9.01. The Balaban J connectivity index is 2.94. The molecular formula is C8H12ClN5O. The lowest BCUT2D eigenvalue weighted by atomic mass is 10.3. The highest BCUT2D eigenvalue weighted by Gasteiger charge is 2.14. The van der Waals surface area contributed by atoms with Crippen molar-refractivity contribution >= 4 is 29.1 Å². The van der Waals surface area contributed by atoms with Crippen molar-refractivity contribution < 1.29 is 4.79 Å². The standard InChI is InChI=1S/C8H12ClN5O/c1-2-3-12-8(15)4-6(10)14-7(11)5(9)13-4/h2-3H2,1H3,(H,12,15)(H4,10,11,14). The predicted octanol–water partition coefficient (Wildman–Crippen LogP) is 0.434. The van der Waals surface area contributed by atoms with Crippen molar-refractivity contribution in [2.45, 2.75) is 13.3 Å². The number of rotatable bonds is 3. The number of halogens is 1. The van der Waals surface area contributed by atoms with Crippen LogP contribution in [0.2, 0.25) is 5.15 Å². The van der Waals surface area contributed by atoms with Crippen LogP contribution in [0.3, 0.4) is 0 Å². The molecule has 7 heteroatoms. The molecule has 1 aromatic rings. The van der Waals surface area contributed by atoms with Crippen molar-refractivity contribution in [1.29, 1.82) is 0 Å². The van der Waals surface area contributed by atoms with E-state index in [0.29, 0.717) is 6.54 Å². The number of aromatic nitrogens is 2. The fourth-order valence-corrected chi connectivity index (χ4v) is 1.06. The molecule has 0 aliphatic heterocycles. The van der Waals surface area contributed by atoms with E-state index in [-0.39, 0.29) is 22.5 Å². The molecule has 0 fully saturated rings. The van der Waals surface area contributed by atoms with E-state index in [4.69, 9.17) is 23.1 Å². The van der Waals surface area contributed by atoms with Crippen LogP contribution in [0.15, 0.2) is 0 Å². The Bertz CT molecular complexity index is 382. The maximum absolute atomic E-state index is 11.5. The molecule has 5 N–H and O–H groups in total. The van der Waals surface area contributed by atoms with Crippen LogP contribution < -0.4 is 16.8 Å². The number of hydrogen-bond donors (Lipinski definition) is 3. The first-order valence-electron chi connectivity index (χ1n) is 4.43. The van der Waals surface area contributed by atoms with Crippen molar-refractivity contribution in [2.24, 2.45) is 0 Å². The van der Waals surface area contributed by atoms with Gasteiger partial charge >= 0.3 is 0 Å². The lowest BCUT2D eigenvalue weighted by molar-refractivity contribution is 0.0949. The molecule has 0 aliphatic carbocycles. The van der Waals surface area contributed by atoms with Gasteiger partial charge in [0, 0.05) is 6.54 Å². The Morgan fingerprint density at radius 3 is 2.67 bits per heavy atom. The molecule has 1 amide bonds. The second-order valence-corrected chi connectivity index (χ2v) is 3.25. The number of nitrogen functional groups attached to an aromatic ring is 2. The van der Waals surface area contributed by atoms with Gasteiger partial charge in [0.25, 0.3) is 5.91 Å². The van der Waals surface area contributed by atoms with Crippen molar-refractivity contribution in [1.82, 2.24) is 15.3 Å². The molecule has 0 aromatic carbocycles. The van der Waals surface area contributed by atoms with Crippen LogP contribution in [0.25, 0.3) is 0 Å². The lowest BCUT2D eigenvalue weighted by Gasteiger charge is -2.06. The molecule has 0 saturated heterocycles. The minimum absolute atomic E-state index is 0.00245. The molecular weight excluding hydrogens is 218 g/mol. The van der Waals surface area contributed by atoms with Gasteiger partial charge in [0.1, 0.15) is 0 Å². The van der Waals surface area contributed by atoms with Gasteiger partial charge in [-0.2, -0.15) is 0 Å². The Labute approximate surface area is 92.0 Å². The first-order chi connectivity index (χ1) is 7.06. The first-order valence-corrected chi connectivity index (χ1v) is 4.80. The van der Waals surface area contributed by atoms with Gasteiger partial charge in [-0.05, 0) is 6.42 Å². The molecule has 0 atom stereocenters. The van der Waals surface area contributed by atoms with Crippen molar-refractivity contribution in [2.75, 3.05) is 18.0 Å². The van der Waals surface area contributed by atoms with Crippen molar-refractivity contribution in [3.05, 3.63) is 10.8 Å². The average Bonchev–Trinajstić information content (AvgIpc) is 2.20.